The largest absolute Gasteiger partial charge is 1.00 e. The molecule has 0 aromatic carbocycles. The van der Waals surface area contributed by atoms with Gasteiger partial charge in [0.05, 0.1) is 5.69 Å². The molecule has 0 N–H and O–H groups in total. The molecule has 1 aromatic rings. The summed E-state index contributed by atoms with van der Waals surface area (Å²) in [4.78, 5) is 0. The van der Waals surface area contributed by atoms with Crippen molar-refractivity contribution in [3.8, 4) is 0 Å². The van der Waals surface area contributed by atoms with E-state index in [1.165, 1.54) is 14.0 Å². The second-order valence-corrected chi connectivity index (χ2v) is 2.26. The van der Waals surface area contributed by atoms with Crippen LogP contribution in [0.25, 0.3) is 0 Å². The van der Waals surface area contributed by atoms with Crippen LogP contribution < -0.4 is 57.0 Å². The van der Waals surface area contributed by atoms with E-state index in [0.717, 1.165) is 4.68 Å². The molecule has 62 valence electrons. The molecule has 0 unspecified atom stereocenters. The molecule has 0 spiro atoms. The van der Waals surface area contributed by atoms with Crippen molar-refractivity contribution in [3.05, 3.63) is 5.69 Å². The standard InChI is InChI=1S/C4H6BF3N3.K/c1-3-4(5(6,7)8)11(2)10-9-3;/h1-2H3;/q-1;+1. The van der Waals surface area contributed by atoms with Crippen LogP contribution in [0.3, 0.4) is 0 Å². The van der Waals surface area contributed by atoms with E-state index in [-0.39, 0.29) is 57.1 Å². The first-order valence-corrected chi connectivity index (χ1v) is 2.99. The van der Waals surface area contributed by atoms with E-state index in [1.807, 2.05) is 0 Å². The van der Waals surface area contributed by atoms with Crippen molar-refractivity contribution in [3.63, 3.8) is 0 Å². The van der Waals surface area contributed by atoms with Gasteiger partial charge >= 0.3 is 58.4 Å². The maximum Gasteiger partial charge on any atom is 1.00 e. The number of aromatic nitrogens is 3. The Balaban J connectivity index is 0.00000121. The molecule has 0 saturated heterocycles. The molecule has 1 heterocycles. The number of hydrogen-bond donors (Lipinski definition) is 0. The van der Waals surface area contributed by atoms with Crippen molar-refractivity contribution in [1.82, 2.24) is 15.0 Å². The molecule has 0 fully saturated rings. The number of nitrogens with zero attached hydrogens (tertiary/aromatic N) is 3. The Morgan fingerprint density at radius 2 is 1.83 bits per heavy atom. The number of halogens is 3. The number of rotatable bonds is 1. The van der Waals surface area contributed by atoms with E-state index in [4.69, 9.17) is 0 Å². The van der Waals surface area contributed by atoms with Crippen molar-refractivity contribution in [2.75, 3.05) is 0 Å². The van der Waals surface area contributed by atoms with Gasteiger partial charge in [-0.1, -0.05) is 5.21 Å². The molecule has 1 rings (SSSR count). The molecule has 12 heavy (non-hydrogen) atoms. The van der Waals surface area contributed by atoms with Gasteiger partial charge in [-0.25, -0.2) is 0 Å². The van der Waals surface area contributed by atoms with Gasteiger partial charge < -0.3 is 12.9 Å². The van der Waals surface area contributed by atoms with Gasteiger partial charge in [-0.2, -0.15) is 0 Å². The van der Waals surface area contributed by atoms with E-state index < -0.39 is 12.6 Å². The van der Waals surface area contributed by atoms with Gasteiger partial charge in [0.25, 0.3) is 0 Å². The molecule has 0 aliphatic rings. The summed E-state index contributed by atoms with van der Waals surface area (Å²) < 4.78 is 37.1. The summed E-state index contributed by atoms with van der Waals surface area (Å²) in [6.07, 6.45) is 0. The molecule has 8 heteroatoms. The Morgan fingerprint density at radius 3 is 2.00 bits per heavy atom. The van der Waals surface area contributed by atoms with Crippen LogP contribution >= 0.6 is 0 Å². The van der Waals surface area contributed by atoms with Crippen LogP contribution in [0, 0.1) is 6.92 Å². The molecular weight excluding hydrogens is 197 g/mol. The van der Waals surface area contributed by atoms with E-state index in [2.05, 4.69) is 10.3 Å². The monoisotopic (exact) mass is 203 g/mol. The van der Waals surface area contributed by atoms with Crippen LogP contribution in [-0.2, 0) is 7.05 Å². The van der Waals surface area contributed by atoms with E-state index in [1.54, 1.807) is 0 Å². The first kappa shape index (κ1) is 12.6. The zero-order chi connectivity index (χ0) is 8.65. The summed E-state index contributed by atoms with van der Waals surface area (Å²) in [7, 11) is 1.23. The predicted octanol–water partition coefficient (Wildman–Crippen LogP) is -2.82. The minimum Gasteiger partial charge on any atom is -0.444 e. The van der Waals surface area contributed by atoms with Crippen molar-refractivity contribution in [1.29, 1.82) is 0 Å². The fourth-order valence-electron chi connectivity index (χ4n) is 0.916. The number of aryl methyl sites for hydroxylation is 2. The van der Waals surface area contributed by atoms with E-state index >= 15 is 0 Å². The van der Waals surface area contributed by atoms with E-state index in [0.29, 0.717) is 0 Å². The van der Waals surface area contributed by atoms with Crippen molar-refractivity contribution in [2.24, 2.45) is 7.05 Å². The first-order valence-electron chi connectivity index (χ1n) is 2.99. The van der Waals surface area contributed by atoms with Crippen LogP contribution in [-0.4, -0.2) is 22.0 Å². The maximum absolute atomic E-state index is 12.1. The molecule has 0 aliphatic heterocycles. The smallest absolute Gasteiger partial charge is 0.444 e. The molecule has 1 aromatic heterocycles. The summed E-state index contributed by atoms with van der Waals surface area (Å²) in [6.45, 7) is -3.69. The quantitative estimate of drug-likeness (QED) is 0.461. The van der Waals surface area contributed by atoms with Gasteiger partial charge in [-0.15, -0.1) is 5.10 Å². The summed E-state index contributed by atoms with van der Waals surface area (Å²) in [5.74, 6) is 0. The maximum atomic E-state index is 12.1. The SMILES string of the molecule is Cc1nnn(C)c1[B-](F)(F)F.[K+]. The summed E-state index contributed by atoms with van der Waals surface area (Å²) >= 11 is 0. The van der Waals surface area contributed by atoms with Crippen LogP contribution in [0.15, 0.2) is 0 Å². The van der Waals surface area contributed by atoms with Gasteiger partial charge in [0.15, 0.2) is 0 Å². The Kier molecular flexibility index (Phi) is 4.45. The average molecular weight is 203 g/mol. The van der Waals surface area contributed by atoms with Crippen LogP contribution in [0.4, 0.5) is 12.9 Å². The topological polar surface area (TPSA) is 30.7 Å². The molecule has 0 saturated carbocycles. The summed E-state index contributed by atoms with van der Waals surface area (Å²) in [5, 5.41) is 6.54. The van der Waals surface area contributed by atoms with Gasteiger partial charge in [-0.05, 0) is 6.92 Å². The van der Waals surface area contributed by atoms with E-state index in [9.17, 15) is 12.9 Å². The van der Waals surface area contributed by atoms with Gasteiger partial charge in [0, 0.05) is 12.6 Å². The Bertz CT molecular complexity index is 252. The molecule has 0 amide bonds. The average Bonchev–Trinajstić information content (AvgIpc) is 2.08. The van der Waals surface area contributed by atoms with Crippen LogP contribution in [0.2, 0.25) is 0 Å². The Hall–Kier alpha value is 0.631. The minimum absolute atomic E-state index is 0. The molecule has 0 atom stereocenters. The Labute approximate surface area is 110 Å². The van der Waals surface area contributed by atoms with Crippen LogP contribution in [0.5, 0.6) is 0 Å². The zero-order valence-electron chi connectivity index (χ0n) is 7.05. The molecule has 0 aliphatic carbocycles. The van der Waals surface area contributed by atoms with Crippen molar-refractivity contribution < 1.29 is 64.3 Å². The minimum atomic E-state index is -4.98. The molecule has 0 bridgehead atoms. The third kappa shape index (κ3) is 2.56. The molecule has 3 nitrogen and oxygen atoms in total. The Morgan fingerprint density at radius 1 is 1.33 bits per heavy atom. The normalized spacial score (nSPS) is 11.1. The van der Waals surface area contributed by atoms with Gasteiger partial charge in [0.2, 0.25) is 0 Å². The second-order valence-electron chi connectivity index (χ2n) is 2.26. The summed E-state index contributed by atoms with van der Waals surface area (Å²) in [5.41, 5.74) is -0.801. The van der Waals surface area contributed by atoms with Crippen LogP contribution in [0.1, 0.15) is 5.69 Å². The van der Waals surface area contributed by atoms with Crippen molar-refractivity contribution >= 4 is 12.6 Å². The predicted molar refractivity (Wildman–Crippen MR) is 34.5 cm³/mol. The van der Waals surface area contributed by atoms with Gasteiger partial charge in [0.1, 0.15) is 0 Å². The second kappa shape index (κ2) is 4.23. The summed E-state index contributed by atoms with van der Waals surface area (Å²) in [6, 6.07) is 0. The third-order valence-electron chi connectivity index (χ3n) is 1.36. The third-order valence-corrected chi connectivity index (χ3v) is 1.36. The fraction of sp³-hybridized carbons (Fsp3) is 0.500. The van der Waals surface area contributed by atoms with Crippen molar-refractivity contribution in [2.45, 2.75) is 6.92 Å². The van der Waals surface area contributed by atoms with Gasteiger partial charge in [-0.3, -0.25) is 4.68 Å². The first-order chi connectivity index (χ1) is 4.93. The molecule has 0 radical (unpaired) electrons. The fourth-order valence-corrected chi connectivity index (χ4v) is 0.916. The molecular formula is C4H6BF3KN3. The number of hydrogen-bond acceptors (Lipinski definition) is 2. The zero-order valence-corrected chi connectivity index (χ0v) is 10.2.